The number of aliphatic carboxylic acids is 2. The Labute approximate surface area is 367 Å². The molecular formula is C52H82MgO4. The van der Waals surface area contributed by atoms with Gasteiger partial charge in [0.15, 0.2) is 0 Å². The van der Waals surface area contributed by atoms with E-state index in [-0.39, 0.29) is 35.9 Å². The first-order valence-corrected chi connectivity index (χ1v) is 23.2. The molecule has 316 valence electrons. The molecule has 0 aliphatic heterocycles. The van der Waals surface area contributed by atoms with Gasteiger partial charge in [-0.15, -0.1) is 0 Å². The van der Waals surface area contributed by atoms with Gasteiger partial charge in [0.2, 0.25) is 0 Å². The van der Waals surface area contributed by atoms with Crippen LogP contribution in [0, 0.1) is 0 Å². The number of unbranched alkanes of at least 4 members (excludes halogenated alkanes) is 20. The summed E-state index contributed by atoms with van der Waals surface area (Å²) in [5.74, 6) is -0.536. The van der Waals surface area contributed by atoms with Gasteiger partial charge in [0, 0.05) is 11.9 Å². The maximum absolute atomic E-state index is 10.5. The van der Waals surface area contributed by atoms with Crippen molar-refractivity contribution in [1.82, 2.24) is 0 Å². The van der Waals surface area contributed by atoms with E-state index in [2.05, 4.69) is 75.5 Å². The fourth-order valence-electron chi connectivity index (χ4n) is 7.84. The van der Waals surface area contributed by atoms with Crippen molar-refractivity contribution >= 4 is 47.1 Å². The number of rotatable bonds is 36. The van der Waals surface area contributed by atoms with E-state index < -0.39 is 11.9 Å². The largest absolute Gasteiger partial charge is 2.00 e. The van der Waals surface area contributed by atoms with Crippen LogP contribution in [0.1, 0.15) is 241 Å². The van der Waals surface area contributed by atoms with Gasteiger partial charge in [-0.25, -0.2) is 0 Å². The smallest absolute Gasteiger partial charge is 0.550 e. The molecule has 0 aliphatic carbocycles. The van der Waals surface area contributed by atoms with Crippen molar-refractivity contribution in [2.75, 3.05) is 0 Å². The number of carboxylic acids is 2. The van der Waals surface area contributed by atoms with Gasteiger partial charge in [0.05, 0.1) is 0 Å². The van der Waals surface area contributed by atoms with Crippen LogP contribution in [0.4, 0.5) is 0 Å². The van der Waals surface area contributed by atoms with Crippen LogP contribution in [0.3, 0.4) is 0 Å². The Morgan fingerprint density at radius 3 is 0.930 bits per heavy atom. The van der Waals surface area contributed by atoms with Gasteiger partial charge in [0.25, 0.3) is 0 Å². The molecule has 0 saturated heterocycles. The fourth-order valence-corrected chi connectivity index (χ4v) is 7.84. The zero-order valence-electron chi connectivity index (χ0n) is 36.9. The quantitative estimate of drug-likeness (QED) is 0.0508. The Morgan fingerprint density at radius 1 is 0.439 bits per heavy atom. The Morgan fingerprint density at radius 2 is 0.684 bits per heavy atom. The van der Waals surface area contributed by atoms with Crippen LogP contribution < -0.4 is 10.2 Å². The van der Waals surface area contributed by atoms with Crippen molar-refractivity contribution in [3.63, 3.8) is 0 Å². The third kappa shape index (κ3) is 31.3. The van der Waals surface area contributed by atoms with Crippen LogP contribution in [0.2, 0.25) is 0 Å². The molecule has 0 spiro atoms. The maximum atomic E-state index is 10.5. The predicted octanol–water partition coefficient (Wildman–Crippen LogP) is 13.7. The van der Waals surface area contributed by atoms with E-state index in [9.17, 15) is 19.8 Å². The van der Waals surface area contributed by atoms with Gasteiger partial charge in [0.1, 0.15) is 0 Å². The molecule has 4 nitrogen and oxygen atoms in total. The standard InChI is InChI=1S/2C26H42O2.Mg/c2*1-3-5-6-7-8-10-13-16-24(25-21-19-23(4-2)20-22-25)17-14-11-9-12-15-18-26(27)28;/h2*4,19-22,24H,2-3,5-18H2,1H3,(H,27,28);/q;;+2/p-2. The van der Waals surface area contributed by atoms with E-state index in [0.717, 1.165) is 38.5 Å². The molecule has 2 aromatic rings. The number of hydrogen-bond donors (Lipinski definition) is 0. The Kier molecular flexibility index (Phi) is 37.5. The first-order valence-electron chi connectivity index (χ1n) is 23.2. The maximum Gasteiger partial charge on any atom is 2.00 e. The minimum Gasteiger partial charge on any atom is -0.550 e. The molecule has 2 atom stereocenters. The molecule has 0 bridgehead atoms. The second-order valence-corrected chi connectivity index (χ2v) is 16.3. The second kappa shape index (κ2) is 39.1. The Hall–Kier alpha value is -2.37. The van der Waals surface area contributed by atoms with Crippen molar-refractivity contribution in [3.05, 3.63) is 83.9 Å². The van der Waals surface area contributed by atoms with E-state index in [1.165, 1.54) is 164 Å². The minimum atomic E-state index is -0.919. The molecule has 57 heavy (non-hydrogen) atoms. The molecule has 5 heteroatoms. The van der Waals surface area contributed by atoms with Crippen LogP contribution in [0.25, 0.3) is 12.2 Å². The average Bonchev–Trinajstić information content (AvgIpc) is 3.21. The average molecular weight is 796 g/mol. The SMILES string of the molecule is C=Cc1ccc(C(CCCCCCCCC)CCCCCCCC(=O)[O-])cc1.C=Cc1ccc(C(CCCCCCCCC)CCCCCCCC(=O)[O-])cc1.[Mg+2]. The van der Waals surface area contributed by atoms with Crippen LogP contribution in [0.5, 0.6) is 0 Å². The van der Waals surface area contributed by atoms with E-state index in [1.54, 1.807) is 0 Å². The van der Waals surface area contributed by atoms with Gasteiger partial charge >= 0.3 is 23.1 Å². The summed E-state index contributed by atoms with van der Waals surface area (Å²) in [6.45, 7) is 12.2. The van der Waals surface area contributed by atoms with Gasteiger partial charge in [-0.1, -0.05) is 229 Å². The fraction of sp³-hybridized carbons (Fsp3) is 0.654. The summed E-state index contributed by atoms with van der Waals surface area (Å²) in [4.78, 5) is 20.9. The third-order valence-electron chi connectivity index (χ3n) is 11.5. The van der Waals surface area contributed by atoms with Gasteiger partial charge in [-0.3, -0.25) is 0 Å². The summed E-state index contributed by atoms with van der Waals surface area (Å²) in [6.07, 6.45) is 39.0. The number of carbonyl (C=O) groups excluding carboxylic acids is 2. The Bertz CT molecular complexity index is 1140. The molecule has 0 radical (unpaired) electrons. The van der Waals surface area contributed by atoms with Gasteiger partial charge in [-0.05, 0) is 85.5 Å². The summed E-state index contributed by atoms with van der Waals surface area (Å²) in [5, 5.41) is 20.9. The summed E-state index contributed by atoms with van der Waals surface area (Å²) in [6, 6.07) is 17.8. The molecule has 0 aliphatic rings. The summed E-state index contributed by atoms with van der Waals surface area (Å²) >= 11 is 0. The van der Waals surface area contributed by atoms with Crippen molar-refractivity contribution in [3.8, 4) is 0 Å². The predicted molar refractivity (Wildman–Crippen MR) is 244 cm³/mol. The number of hydrogen-bond acceptors (Lipinski definition) is 4. The third-order valence-corrected chi connectivity index (χ3v) is 11.5. The van der Waals surface area contributed by atoms with Crippen molar-refractivity contribution in [1.29, 1.82) is 0 Å². The van der Waals surface area contributed by atoms with E-state index >= 15 is 0 Å². The van der Waals surface area contributed by atoms with Crippen molar-refractivity contribution < 1.29 is 19.8 Å². The van der Waals surface area contributed by atoms with Crippen LogP contribution in [0.15, 0.2) is 61.7 Å². The molecule has 0 amide bonds. The molecule has 0 saturated carbocycles. The van der Waals surface area contributed by atoms with Crippen LogP contribution in [-0.4, -0.2) is 35.0 Å². The second-order valence-electron chi connectivity index (χ2n) is 16.3. The summed E-state index contributed by atoms with van der Waals surface area (Å²) in [7, 11) is 0. The summed E-state index contributed by atoms with van der Waals surface area (Å²) < 4.78 is 0. The normalized spacial score (nSPS) is 11.8. The topological polar surface area (TPSA) is 80.3 Å². The first kappa shape index (κ1) is 54.6. The van der Waals surface area contributed by atoms with Crippen LogP contribution >= 0.6 is 0 Å². The van der Waals surface area contributed by atoms with E-state index in [1.807, 2.05) is 12.2 Å². The van der Waals surface area contributed by atoms with E-state index in [0.29, 0.717) is 11.8 Å². The molecule has 2 aromatic carbocycles. The van der Waals surface area contributed by atoms with Gasteiger partial charge < -0.3 is 19.8 Å². The molecule has 2 unspecified atom stereocenters. The minimum absolute atomic E-state index is 0. The molecule has 0 fully saturated rings. The van der Waals surface area contributed by atoms with Crippen molar-refractivity contribution in [2.24, 2.45) is 0 Å². The number of carbonyl (C=O) groups is 2. The summed E-state index contributed by atoms with van der Waals surface area (Å²) in [5.41, 5.74) is 5.31. The number of carboxylic acid groups (broad SMARTS) is 2. The number of benzene rings is 2. The zero-order valence-corrected chi connectivity index (χ0v) is 38.3. The molecule has 0 aromatic heterocycles. The molecule has 0 heterocycles. The Balaban J connectivity index is 0.00000108. The molecule has 2 rings (SSSR count). The van der Waals surface area contributed by atoms with E-state index in [4.69, 9.17) is 0 Å². The molecule has 0 N–H and O–H groups in total. The monoisotopic (exact) mass is 795 g/mol. The van der Waals surface area contributed by atoms with Crippen LogP contribution in [-0.2, 0) is 9.59 Å². The van der Waals surface area contributed by atoms with Crippen molar-refractivity contribution in [2.45, 2.75) is 218 Å². The first-order chi connectivity index (χ1) is 27.3. The zero-order chi connectivity index (χ0) is 40.9. The van der Waals surface area contributed by atoms with Gasteiger partial charge in [-0.2, -0.15) is 0 Å². The molecular weight excluding hydrogens is 713 g/mol.